The van der Waals surface area contributed by atoms with E-state index >= 15 is 0 Å². The van der Waals surface area contributed by atoms with Gasteiger partial charge in [0, 0.05) is 23.5 Å². The lowest BCUT2D eigenvalue weighted by molar-refractivity contribution is -0.0570. The summed E-state index contributed by atoms with van der Waals surface area (Å²) in [5.41, 5.74) is 1.93. The minimum atomic E-state index is -0.551. The highest BCUT2D eigenvalue weighted by Crippen LogP contribution is 2.43. The number of hydrogen-bond donors (Lipinski definition) is 2. The van der Waals surface area contributed by atoms with Crippen LogP contribution in [0, 0.1) is 0 Å². The topological polar surface area (TPSA) is 32.3 Å². The Morgan fingerprint density at radius 3 is 2.43 bits per heavy atom. The first-order valence-electron chi connectivity index (χ1n) is 7.90. The molecule has 2 nitrogen and oxygen atoms in total. The van der Waals surface area contributed by atoms with Gasteiger partial charge in [-0.15, -0.1) is 12.4 Å². The van der Waals surface area contributed by atoms with Crippen molar-refractivity contribution in [2.45, 2.75) is 37.3 Å². The van der Waals surface area contributed by atoms with E-state index in [4.69, 9.17) is 0 Å². The van der Waals surface area contributed by atoms with Gasteiger partial charge in [-0.3, -0.25) is 0 Å². The second kappa shape index (κ2) is 8.29. The monoisotopic (exact) mass is 395 g/mol. The van der Waals surface area contributed by atoms with Crippen LogP contribution in [0.1, 0.15) is 36.3 Å². The molecule has 124 valence electrons. The van der Waals surface area contributed by atoms with Crippen molar-refractivity contribution >= 4 is 28.3 Å². The van der Waals surface area contributed by atoms with Crippen molar-refractivity contribution in [2.75, 3.05) is 6.54 Å². The van der Waals surface area contributed by atoms with Crippen molar-refractivity contribution in [3.63, 3.8) is 0 Å². The highest BCUT2D eigenvalue weighted by Gasteiger charge is 2.42. The zero-order valence-corrected chi connectivity index (χ0v) is 15.4. The Morgan fingerprint density at radius 2 is 1.83 bits per heavy atom. The number of benzene rings is 2. The van der Waals surface area contributed by atoms with Gasteiger partial charge in [0.1, 0.15) is 0 Å². The van der Waals surface area contributed by atoms with Crippen molar-refractivity contribution in [3.8, 4) is 0 Å². The van der Waals surface area contributed by atoms with E-state index in [0.717, 1.165) is 36.8 Å². The molecule has 3 rings (SSSR count). The van der Waals surface area contributed by atoms with Crippen LogP contribution in [0.25, 0.3) is 0 Å². The second-order valence-corrected chi connectivity index (χ2v) is 7.10. The predicted octanol–water partition coefficient (Wildman–Crippen LogP) is 4.66. The van der Waals surface area contributed by atoms with E-state index in [-0.39, 0.29) is 18.3 Å². The van der Waals surface area contributed by atoms with Gasteiger partial charge < -0.3 is 10.4 Å². The van der Waals surface area contributed by atoms with Crippen LogP contribution in [0.4, 0.5) is 0 Å². The third kappa shape index (κ3) is 4.57. The fraction of sp³-hybridized carbons (Fsp3) is 0.368. The summed E-state index contributed by atoms with van der Waals surface area (Å²) in [7, 11) is 0. The average molecular weight is 397 g/mol. The molecule has 0 heterocycles. The van der Waals surface area contributed by atoms with Gasteiger partial charge in [0.2, 0.25) is 0 Å². The van der Waals surface area contributed by atoms with E-state index in [9.17, 15) is 5.11 Å². The van der Waals surface area contributed by atoms with Crippen LogP contribution in [0.5, 0.6) is 0 Å². The SMILES string of the molecule is Cl.OC1(C(CNCc2ccccc2)c2cccc(Br)c2)CCC1. The quantitative estimate of drug-likeness (QED) is 0.744. The minimum Gasteiger partial charge on any atom is -0.389 e. The Hall–Kier alpha value is -0.870. The molecule has 1 unspecified atom stereocenters. The third-order valence-corrected chi connectivity index (χ3v) is 5.13. The van der Waals surface area contributed by atoms with E-state index in [1.54, 1.807) is 0 Å². The van der Waals surface area contributed by atoms with E-state index in [1.165, 1.54) is 11.1 Å². The number of hydrogen-bond acceptors (Lipinski definition) is 2. The van der Waals surface area contributed by atoms with Gasteiger partial charge in [-0.25, -0.2) is 0 Å². The molecule has 1 saturated carbocycles. The lowest BCUT2D eigenvalue weighted by Crippen LogP contribution is -2.46. The molecule has 0 spiro atoms. The van der Waals surface area contributed by atoms with Crippen LogP contribution in [0.2, 0.25) is 0 Å². The van der Waals surface area contributed by atoms with Crippen LogP contribution in [-0.4, -0.2) is 17.3 Å². The zero-order chi connectivity index (χ0) is 15.4. The summed E-state index contributed by atoms with van der Waals surface area (Å²) in [4.78, 5) is 0. The summed E-state index contributed by atoms with van der Waals surface area (Å²) >= 11 is 3.54. The van der Waals surface area contributed by atoms with E-state index in [0.29, 0.717) is 0 Å². The maximum Gasteiger partial charge on any atom is 0.0728 e. The molecule has 0 bridgehead atoms. The van der Waals surface area contributed by atoms with Gasteiger partial charge in [0.25, 0.3) is 0 Å². The van der Waals surface area contributed by atoms with Gasteiger partial charge in [0.05, 0.1) is 5.60 Å². The summed E-state index contributed by atoms with van der Waals surface area (Å²) in [6.07, 6.45) is 2.92. The van der Waals surface area contributed by atoms with Gasteiger partial charge in [-0.1, -0.05) is 58.4 Å². The summed E-state index contributed by atoms with van der Waals surface area (Å²) in [6.45, 7) is 1.63. The Bertz CT molecular complexity index is 616. The first kappa shape index (κ1) is 18.5. The Kier molecular flexibility index (Phi) is 6.66. The third-order valence-electron chi connectivity index (χ3n) is 4.64. The Balaban J connectivity index is 0.00000192. The van der Waals surface area contributed by atoms with Crippen molar-refractivity contribution in [1.82, 2.24) is 5.32 Å². The first-order valence-corrected chi connectivity index (χ1v) is 8.69. The molecule has 0 radical (unpaired) electrons. The number of aliphatic hydroxyl groups is 1. The molecule has 0 saturated heterocycles. The van der Waals surface area contributed by atoms with Gasteiger partial charge >= 0.3 is 0 Å². The van der Waals surface area contributed by atoms with Gasteiger partial charge in [-0.05, 0) is 42.5 Å². The Labute approximate surface area is 152 Å². The smallest absolute Gasteiger partial charge is 0.0728 e. The molecule has 2 aromatic carbocycles. The largest absolute Gasteiger partial charge is 0.389 e. The molecule has 2 N–H and O–H groups in total. The molecule has 1 fully saturated rings. The van der Waals surface area contributed by atoms with E-state index in [1.807, 2.05) is 18.2 Å². The first-order chi connectivity index (χ1) is 10.7. The molecule has 1 aliphatic carbocycles. The summed E-state index contributed by atoms with van der Waals surface area (Å²) in [6, 6.07) is 18.7. The fourth-order valence-corrected chi connectivity index (χ4v) is 3.60. The number of rotatable bonds is 6. The maximum atomic E-state index is 10.9. The highest BCUT2D eigenvalue weighted by atomic mass is 79.9. The molecular weight excluding hydrogens is 374 g/mol. The van der Waals surface area contributed by atoms with Crippen LogP contribution >= 0.6 is 28.3 Å². The lowest BCUT2D eigenvalue weighted by atomic mass is 9.68. The van der Waals surface area contributed by atoms with Gasteiger partial charge in [-0.2, -0.15) is 0 Å². The van der Waals surface area contributed by atoms with Crippen molar-refractivity contribution in [1.29, 1.82) is 0 Å². The van der Waals surface area contributed by atoms with E-state index < -0.39 is 5.60 Å². The molecule has 2 aromatic rings. The zero-order valence-electron chi connectivity index (χ0n) is 13.0. The van der Waals surface area contributed by atoms with Crippen LogP contribution in [-0.2, 0) is 6.54 Å². The van der Waals surface area contributed by atoms with Crippen LogP contribution in [0.3, 0.4) is 0 Å². The normalized spacial score (nSPS) is 17.0. The molecule has 1 atom stereocenters. The Morgan fingerprint density at radius 1 is 1.09 bits per heavy atom. The van der Waals surface area contributed by atoms with Crippen molar-refractivity contribution in [2.24, 2.45) is 0 Å². The molecule has 0 amide bonds. The van der Waals surface area contributed by atoms with Crippen LogP contribution in [0.15, 0.2) is 59.1 Å². The fourth-order valence-electron chi connectivity index (χ4n) is 3.19. The van der Waals surface area contributed by atoms with Crippen LogP contribution < -0.4 is 5.32 Å². The summed E-state index contributed by atoms with van der Waals surface area (Å²) < 4.78 is 1.07. The highest BCUT2D eigenvalue weighted by molar-refractivity contribution is 9.10. The number of nitrogens with one attached hydrogen (secondary N) is 1. The molecular formula is C19H23BrClNO. The average Bonchev–Trinajstić information content (AvgIpc) is 2.50. The molecule has 4 heteroatoms. The number of halogens is 2. The maximum absolute atomic E-state index is 10.9. The molecule has 23 heavy (non-hydrogen) atoms. The minimum absolute atomic E-state index is 0. The summed E-state index contributed by atoms with van der Waals surface area (Å²) in [5, 5.41) is 14.4. The molecule has 1 aliphatic rings. The lowest BCUT2D eigenvalue weighted by Gasteiger charge is -2.44. The standard InChI is InChI=1S/C19H22BrNO.ClH/c20-17-9-4-8-16(12-17)18(19(22)10-5-11-19)14-21-13-15-6-2-1-3-7-15;/h1-4,6-9,12,18,21-22H,5,10-11,13-14H2;1H. The second-order valence-electron chi connectivity index (χ2n) is 6.18. The molecule has 0 aliphatic heterocycles. The van der Waals surface area contributed by atoms with E-state index in [2.05, 4.69) is 57.6 Å². The molecule has 0 aromatic heterocycles. The van der Waals surface area contributed by atoms with Gasteiger partial charge in [0.15, 0.2) is 0 Å². The summed E-state index contributed by atoms with van der Waals surface area (Å²) in [5.74, 6) is 0.141. The predicted molar refractivity (Wildman–Crippen MR) is 101 cm³/mol. The van der Waals surface area contributed by atoms with Crippen molar-refractivity contribution < 1.29 is 5.11 Å². The van der Waals surface area contributed by atoms with Crippen molar-refractivity contribution in [3.05, 3.63) is 70.2 Å².